The van der Waals surface area contributed by atoms with E-state index in [2.05, 4.69) is 74.9 Å². The summed E-state index contributed by atoms with van der Waals surface area (Å²) in [6.45, 7) is 15.9. The molecule has 2 nitrogen and oxygen atoms in total. The molecule has 1 rings (SSSR count). The van der Waals surface area contributed by atoms with Crippen LogP contribution in [-0.4, -0.2) is 13.2 Å². The van der Waals surface area contributed by atoms with Gasteiger partial charge in [0, 0.05) is 16.6 Å². The van der Waals surface area contributed by atoms with Crippen molar-refractivity contribution in [2.24, 2.45) is 11.3 Å². The summed E-state index contributed by atoms with van der Waals surface area (Å²) in [5, 5.41) is 3.50. The maximum Gasteiger partial charge on any atom is 0.126 e. The SMILES string of the molecule is Cc1cc(Br)cc(CNCC(C)C)c1OCCC(C)(C)C. The van der Waals surface area contributed by atoms with Gasteiger partial charge in [-0.3, -0.25) is 0 Å². The lowest BCUT2D eigenvalue weighted by Crippen LogP contribution is -2.20. The molecule has 0 aliphatic rings. The largest absolute Gasteiger partial charge is 0.493 e. The first-order valence-corrected chi connectivity index (χ1v) is 8.61. The van der Waals surface area contributed by atoms with Gasteiger partial charge in [-0.1, -0.05) is 50.5 Å². The van der Waals surface area contributed by atoms with E-state index in [0.717, 1.165) is 36.3 Å². The van der Waals surface area contributed by atoms with Gasteiger partial charge >= 0.3 is 0 Å². The van der Waals surface area contributed by atoms with Gasteiger partial charge in [0.2, 0.25) is 0 Å². The van der Waals surface area contributed by atoms with E-state index in [1.807, 2.05) is 0 Å². The van der Waals surface area contributed by atoms with Crippen molar-refractivity contribution in [1.82, 2.24) is 5.32 Å². The van der Waals surface area contributed by atoms with Crippen LogP contribution in [0.2, 0.25) is 0 Å². The van der Waals surface area contributed by atoms with Crippen LogP contribution in [0.25, 0.3) is 0 Å². The van der Waals surface area contributed by atoms with Crippen LogP contribution in [0.3, 0.4) is 0 Å². The maximum absolute atomic E-state index is 6.10. The molecule has 1 aromatic rings. The maximum atomic E-state index is 6.10. The van der Waals surface area contributed by atoms with Crippen molar-refractivity contribution >= 4 is 15.9 Å². The first-order valence-electron chi connectivity index (χ1n) is 7.81. The topological polar surface area (TPSA) is 21.3 Å². The van der Waals surface area contributed by atoms with Crippen molar-refractivity contribution in [3.05, 3.63) is 27.7 Å². The number of nitrogens with one attached hydrogen (secondary N) is 1. The highest BCUT2D eigenvalue weighted by molar-refractivity contribution is 9.10. The molecule has 0 saturated carbocycles. The molecule has 21 heavy (non-hydrogen) atoms. The average Bonchev–Trinajstić information content (AvgIpc) is 2.30. The molecule has 0 atom stereocenters. The van der Waals surface area contributed by atoms with Crippen molar-refractivity contribution in [3.8, 4) is 5.75 Å². The van der Waals surface area contributed by atoms with E-state index >= 15 is 0 Å². The number of hydrogen-bond acceptors (Lipinski definition) is 2. The standard InChI is InChI=1S/C18H30BrNO/c1-13(2)11-20-12-15-10-16(19)9-14(3)17(15)21-8-7-18(4,5)6/h9-10,13,20H,7-8,11-12H2,1-6H3. The minimum atomic E-state index is 0.305. The van der Waals surface area contributed by atoms with Crippen molar-refractivity contribution in [1.29, 1.82) is 0 Å². The molecular formula is C18H30BrNO. The summed E-state index contributed by atoms with van der Waals surface area (Å²) in [6, 6.07) is 4.28. The predicted octanol–water partition coefficient (Wildman–Crippen LogP) is 5.32. The Labute approximate surface area is 138 Å². The Kier molecular flexibility index (Phi) is 7.22. The molecule has 0 radical (unpaired) electrons. The first-order chi connectivity index (χ1) is 9.69. The van der Waals surface area contributed by atoms with Gasteiger partial charge < -0.3 is 10.1 Å². The number of aryl methyl sites for hydroxylation is 1. The quantitative estimate of drug-likeness (QED) is 0.714. The molecule has 0 amide bonds. The summed E-state index contributed by atoms with van der Waals surface area (Å²) in [5.74, 6) is 1.70. The van der Waals surface area contributed by atoms with Gasteiger partial charge in [-0.15, -0.1) is 0 Å². The minimum absolute atomic E-state index is 0.305. The molecule has 0 fully saturated rings. The molecule has 0 aliphatic carbocycles. The molecule has 0 aliphatic heterocycles. The zero-order valence-electron chi connectivity index (χ0n) is 14.3. The van der Waals surface area contributed by atoms with E-state index in [9.17, 15) is 0 Å². The van der Waals surface area contributed by atoms with E-state index in [0.29, 0.717) is 11.3 Å². The van der Waals surface area contributed by atoms with Gasteiger partial charge in [-0.25, -0.2) is 0 Å². The minimum Gasteiger partial charge on any atom is -0.493 e. The zero-order valence-corrected chi connectivity index (χ0v) is 15.9. The lowest BCUT2D eigenvalue weighted by molar-refractivity contribution is 0.240. The zero-order chi connectivity index (χ0) is 16.0. The Bertz CT molecular complexity index is 449. The smallest absolute Gasteiger partial charge is 0.126 e. The van der Waals surface area contributed by atoms with Crippen molar-refractivity contribution in [3.63, 3.8) is 0 Å². The Morgan fingerprint density at radius 3 is 2.48 bits per heavy atom. The van der Waals surface area contributed by atoms with Gasteiger partial charge in [0.05, 0.1) is 6.61 Å². The predicted molar refractivity (Wildman–Crippen MR) is 95.0 cm³/mol. The van der Waals surface area contributed by atoms with Gasteiger partial charge in [-0.05, 0) is 48.9 Å². The third kappa shape index (κ3) is 7.32. The number of rotatable bonds is 7. The van der Waals surface area contributed by atoms with Crippen molar-refractivity contribution in [2.75, 3.05) is 13.2 Å². The lowest BCUT2D eigenvalue weighted by Gasteiger charge is -2.20. The summed E-state index contributed by atoms with van der Waals surface area (Å²) in [4.78, 5) is 0. The van der Waals surface area contributed by atoms with Crippen LogP contribution in [0.4, 0.5) is 0 Å². The highest BCUT2D eigenvalue weighted by Gasteiger charge is 2.13. The molecule has 1 aromatic carbocycles. The van der Waals surface area contributed by atoms with Crippen LogP contribution in [0.5, 0.6) is 5.75 Å². The Balaban J connectivity index is 2.75. The van der Waals surface area contributed by atoms with Crippen LogP contribution >= 0.6 is 15.9 Å². The number of halogens is 1. The third-order valence-electron chi connectivity index (χ3n) is 3.28. The second kappa shape index (κ2) is 8.19. The van der Waals surface area contributed by atoms with Gasteiger partial charge in [0.15, 0.2) is 0 Å². The van der Waals surface area contributed by atoms with Crippen molar-refractivity contribution < 1.29 is 4.74 Å². The van der Waals surface area contributed by atoms with Crippen LogP contribution in [0, 0.1) is 18.3 Å². The molecule has 0 aromatic heterocycles. The summed E-state index contributed by atoms with van der Waals surface area (Å²) < 4.78 is 7.21. The fraction of sp³-hybridized carbons (Fsp3) is 0.667. The van der Waals surface area contributed by atoms with Crippen molar-refractivity contribution in [2.45, 2.75) is 54.5 Å². The van der Waals surface area contributed by atoms with Crippen LogP contribution in [0.1, 0.15) is 52.2 Å². The fourth-order valence-corrected chi connectivity index (χ4v) is 2.71. The number of ether oxygens (including phenoxy) is 1. The van der Waals surface area contributed by atoms with Crippen LogP contribution in [0.15, 0.2) is 16.6 Å². The summed E-state index contributed by atoms with van der Waals surface area (Å²) in [7, 11) is 0. The monoisotopic (exact) mass is 355 g/mol. The second-order valence-corrected chi connectivity index (χ2v) is 8.31. The Hall–Kier alpha value is -0.540. The number of benzene rings is 1. The van der Waals surface area contributed by atoms with E-state index in [1.165, 1.54) is 11.1 Å². The molecule has 0 bridgehead atoms. The number of hydrogen-bond donors (Lipinski definition) is 1. The second-order valence-electron chi connectivity index (χ2n) is 7.39. The molecule has 0 spiro atoms. The third-order valence-corrected chi connectivity index (χ3v) is 3.74. The normalized spacial score (nSPS) is 12.0. The summed E-state index contributed by atoms with van der Waals surface area (Å²) in [6.07, 6.45) is 1.06. The van der Waals surface area contributed by atoms with Crippen LogP contribution in [-0.2, 0) is 6.54 Å². The molecule has 0 heterocycles. The van der Waals surface area contributed by atoms with E-state index in [1.54, 1.807) is 0 Å². The van der Waals surface area contributed by atoms with Gasteiger partial charge in [0.1, 0.15) is 5.75 Å². The van der Waals surface area contributed by atoms with Gasteiger partial charge in [0.25, 0.3) is 0 Å². The van der Waals surface area contributed by atoms with Crippen LogP contribution < -0.4 is 10.1 Å². The van der Waals surface area contributed by atoms with Gasteiger partial charge in [-0.2, -0.15) is 0 Å². The molecular weight excluding hydrogens is 326 g/mol. The highest BCUT2D eigenvalue weighted by Crippen LogP contribution is 2.29. The Morgan fingerprint density at radius 2 is 1.90 bits per heavy atom. The molecule has 0 saturated heterocycles. The Morgan fingerprint density at radius 1 is 1.24 bits per heavy atom. The summed E-state index contributed by atoms with van der Waals surface area (Å²) >= 11 is 3.58. The first kappa shape index (κ1) is 18.5. The molecule has 120 valence electrons. The molecule has 1 N–H and O–H groups in total. The molecule has 0 unspecified atom stereocenters. The lowest BCUT2D eigenvalue weighted by atomic mass is 9.93. The van der Waals surface area contributed by atoms with E-state index in [-0.39, 0.29) is 0 Å². The van der Waals surface area contributed by atoms with E-state index in [4.69, 9.17) is 4.74 Å². The summed E-state index contributed by atoms with van der Waals surface area (Å²) in [5.41, 5.74) is 2.73. The van der Waals surface area contributed by atoms with E-state index < -0.39 is 0 Å². The highest BCUT2D eigenvalue weighted by atomic mass is 79.9. The average molecular weight is 356 g/mol. The molecule has 3 heteroatoms. The fourth-order valence-electron chi connectivity index (χ4n) is 2.09.